The second-order valence-corrected chi connectivity index (χ2v) is 15.2. The van der Waals surface area contributed by atoms with E-state index >= 15 is 0 Å². The zero-order valence-electron chi connectivity index (χ0n) is 30.7. The molecular weight excluding hydrogens is 658 g/mol. The van der Waals surface area contributed by atoms with E-state index < -0.39 is 35.0 Å². The number of carbonyl (C=O) groups is 2. The number of pyridine rings is 1. The number of aliphatic hydroxyl groups is 2. The predicted octanol–water partition coefficient (Wildman–Crippen LogP) is 4.10. The molecule has 12 heteroatoms. The summed E-state index contributed by atoms with van der Waals surface area (Å²) in [6.07, 6.45) is 8.54. The SMILES string of the molecule is C=C1C(NC(C)C(=O)NC2=NCC=N2)CC2[C@](C)(CC[C@@H](O)[C@@]2(C)CO)C1CC(Nc1ccccn1)C1=C/C(=C\c2ccc(N(C)C)cc2)OC1=O. The van der Waals surface area contributed by atoms with Crippen LogP contribution in [0.1, 0.15) is 52.0 Å². The highest BCUT2D eigenvalue weighted by Gasteiger charge is 2.60. The Bertz CT molecular complexity index is 1790. The molecule has 4 aliphatic rings. The minimum absolute atomic E-state index is 0.138. The number of allylic oxidation sites excluding steroid dienone is 1. The van der Waals surface area contributed by atoms with E-state index in [4.69, 9.17) is 4.74 Å². The number of nitrogens with one attached hydrogen (secondary N) is 3. The van der Waals surface area contributed by atoms with Gasteiger partial charge in [-0.2, -0.15) is 0 Å². The average Bonchev–Trinajstić information content (AvgIpc) is 3.78. The van der Waals surface area contributed by atoms with Crippen molar-refractivity contribution in [2.45, 2.75) is 70.7 Å². The van der Waals surface area contributed by atoms with Gasteiger partial charge in [-0.25, -0.2) is 19.8 Å². The van der Waals surface area contributed by atoms with Gasteiger partial charge in [0.25, 0.3) is 0 Å². The Balaban J connectivity index is 1.34. The van der Waals surface area contributed by atoms with Crippen molar-refractivity contribution in [2.24, 2.45) is 32.7 Å². The summed E-state index contributed by atoms with van der Waals surface area (Å²) in [6, 6.07) is 12.1. The molecule has 2 saturated carbocycles. The number of aliphatic imine (C=N–C) groups is 2. The van der Waals surface area contributed by atoms with Gasteiger partial charge in [0.1, 0.15) is 11.6 Å². The fourth-order valence-electron chi connectivity index (χ4n) is 8.60. The zero-order valence-corrected chi connectivity index (χ0v) is 30.7. The summed E-state index contributed by atoms with van der Waals surface area (Å²) in [5, 5.41) is 32.0. The van der Waals surface area contributed by atoms with E-state index in [1.807, 2.05) is 74.5 Å². The predicted molar refractivity (Wildman–Crippen MR) is 204 cm³/mol. The summed E-state index contributed by atoms with van der Waals surface area (Å²) in [7, 11) is 3.97. The number of hydrogen-bond donors (Lipinski definition) is 5. The molecule has 6 rings (SSSR count). The Morgan fingerprint density at radius 1 is 1.19 bits per heavy atom. The Hall–Kier alpha value is -4.65. The summed E-state index contributed by atoms with van der Waals surface area (Å²) >= 11 is 0. The van der Waals surface area contributed by atoms with E-state index in [2.05, 4.69) is 44.4 Å². The first-order valence-electron chi connectivity index (χ1n) is 18.0. The summed E-state index contributed by atoms with van der Waals surface area (Å²) < 4.78 is 5.84. The molecule has 3 heterocycles. The van der Waals surface area contributed by atoms with Crippen LogP contribution in [0.3, 0.4) is 0 Å². The first-order valence-corrected chi connectivity index (χ1v) is 18.0. The van der Waals surface area contributed by atoms with Gasteiger partial charge >= 0.3 is 5.97 Å². The molecule has 12 nitrogen and oxygen atoms in total. The van der Waals surface area contributed by atoms with Crippen LogP contribution in [0.15, 0.2) is 88.2 Å². The van der Waals surface area contributed by atoms with Crippen molar-refractivity contribution >= 4 is 41.6 Å². The maximum absolute atomic E-state index is 13.7. The third kappa shape index (κ3) is 7.46. The number of esters is 1. The van der Waals surface area contributed by atoms with Gasteiger partial charge in [-0.05, 0) is 91.8 Å². The lowest BCUT2D eigenvalue weighted by atomic mass is 9.45. The molecular formula is C40H51N7O5. The molecule has 0 radical (unpaired) electrons. The smallest absolute Gasteiger partial charge is 0.341 e. The van der Waals surface area contributed by atoms with Gasteiger partial charge in [0.05, 0.1) is 36.9 Å². The molecule has 1 amide bonds. The molecule has 2 fully saturated rings. The maximum Gasteiger partial charge on any atom is 0.341 e. The molecule has 276 valence electrons. The van der Waals surface area contributed by atoms with Crippen molar-refractivity contribution in [3.63, 3.8) is 0 Å². The fourth-order valence-corrected chi connectivity index (χ4v) is 8.60. The van der Waals surface area contributed by atoms with Gasteiger partial charge in [0, 0.05) is 43.7 Å². The third-order valence-electron chi connectivity index (χ3n) is 11.7. The second-order valence-electron chi connectivity index (χ2n) is 15.2. The molecule has 8 atom stereocenters. The molecule has 2 aliphatic carbocycles. The number of anilines is 2. The highest BCUT2D eigenvalue weighted by atomic mass is 16.5. The summed E-state index contributed by atoms with van der Waals surface area (Å²) in [6.45, 7) is 10.9. The van der Waals surface area contributed by atoms with Crippen molar-refractivity contribution in [3.8, 4) is 0 Å². The van der Waals surface area contributed by atoms with E-state index in [0.29, 0.717) is 49.4 Å². The van der Waals surface area contributed by atoms with E-state index in [1.54, 1.807) is 25.4 Å². The number of fused-ring (bicyclic) bond motifs is 1. The summed E-state index contributed by atoms with van der Waals surface area (Å²) in [4.78, 5) is 41.8. The number of aromatic nitrogens is 1. The lowest BCUT2D eigenvalue weighted by Gasteiger charge is -2.62. The highest BCUT2D eigenvalue weighted by Crippen LogP contribution is 2.62. The van der Waals surface area contributed by atoms with Gasteiger partial charge in [-0.15, -0.1) is 0 Å². The molecule has 1 aromatic heterocycles. The molecule has 5 N–H and O–H groups in total. The molecule has 0 spiro atoms. The number of amides is 1. The Morgan fingerprint density at radius 3 is 2.62 bits per heavy atom. The molecule has 0 saturated heterocycles. The molecule has 2 aliphatic heterocycles. The summed E-state index contributed by atoms with van der Waals surface area (Å²) in [5.41, 5.74) is 2.15. The minimum Gasteiger partial charge on any atom is -0.423 e. The topological polar surface area (TPSA) is 161 Å². The van der Waals surface area contributed by atoms with Gasteiger partial charge in [0.15, 0.2) is 0 Å². The van der Waals surface area contributed by atoms with Crippen molar-refractivity contribution in [3.05, 3.63) is 83.8 Å². The van der Waals surface area contributed by atoms with Crippen molar-refractivity contribution in [1.29, 1.82) is 0 Å². The van der Waals surface area contributed by atoms with Crippen LogP contribution in [0.2, 0.25) is 0 Å². The number of nitrogens with zero attached hydrogens (tertiary/aromatic N) is 4. The van der Waals surface area contributed by atoms with Gasteiger partial charge in [-0.1, -0.05) is 44.2 Å². The molecule has 1 aromatic carbocycles. The minimum atomic E-state index is -0.793. The molecule has 0 bridgehead atoms. The van der Waals surface area contributed by atoms with Crippen molar-refractivity contribution in [1.82, 2.24) is 15.6 Å². The van der Waals surface area contributed by atoms with E-state index in [9.17, 15) is 19.8 Å². The van der Waals surface area contributed by atoms with Crippen LogP contribution < -0.4 is 20.9 Å². The first-order chi connectivity index (χ1) is 24.8. The first kappa shape index (κ1) is 37.1. The number of carbonyl (C=O) groups excluding carboxylic acids is 2. The van der Waals surface area contributed by atoms with Crippen LogP contribution in [-0.2, 0) is 14.3 Å². The molecule has 2 aromatic rings. The quantitative estimate of drug-likeness (QED) is 0.171. The zero-order chi connectivity index (χ0) is 37.2. The Kier molecular flexibility index (Phi) is 10.8. The number of aliphatic hydroxyl groups excluding tert-OH is 2. The van der Waals surface area contributed by atoms with Crippen LogP contribution in [0.5, 0.6) is 0 Å². The number of cyclic esters (lactones) is 1. The standard InChI is InChI=1S/C40H51N7O5/c1-24-30(39(3)15-14-34(49)40(4,23-48)33(39)22-31(24)44-25(2)36(50)46-38-42-17-18-43-38)21-32(45-35-9-7-8-16-41-35)29-20-28(52-37(29)51)19-26-10-12-27(13-11-26)47(5)6/h7-13,16-17,19-20,25,30-34,44,48-49H,1,14-15,18,21-23H2,2-6H3,(H,41,45)(H,43,46,50)/b28-19+/t25?,30?,31?,32?,33?,34-,39-,40+/m1/s1. The maximum atomic E-state index is 13.7. The lowest BCUT2D eigenvalue weighted by Crippen LogP contribution is -2.62. The van der Waals surface area contributed by atoms with Crippen LogP contribution in [0.25, 0.3) is 6.08 Å². The van der Waals surface area contributed by atoms with Crippen LogP contribution in [0, 0.1) is 22.7 Å². The van der Waals surface area contributed by atoms with E-state index in [0.717, 1.165) is 16.8 Å². The largest absolute Gasteiger partial charge is 0.423 e. The number of hydrogen-bond acceptors (Lipinski definition) is 11. The molecule has 5 unspecified atom stereocenters. The normalized spacial score (nSPS) is 30.2. The van der Waals surface area contributed by atoms with Crippen molar-refractivity contribution in [2.75, 3.05) is 37.5 Å². The van der Waals surface area contributed by atoms with E-state index in [-0.39, 0.29) is 36.4 Å². The Labute approximate surface area is 305 Å². The Morgan fingerprint density at radius 2 is 1.96 bits per heavy atom. The number of rotatable bonds is 11. The van der Waals surface area contributed by atoms with Crippen LogP contribution in [-0.4, -0.2) is 90.7 Å². The fraction of sp³-hybridized carbons (Fsp3) is 0.475. The molecule has 52 heavy (non-hydrogen) atoms. The number of ether oxygens (including phenoxy) is 1. The average molecular weight is 710 g/mol. The second kappa shape index (κ2) is 15.1. The van der Waals surface area contributed by atoms with Gasteiger partial charge in [0.2, 0.25) is 11.9 Å². The van der Waals surface area contributed by atoms with Crippen LogP contribution in [0.4, 0.5) is 11.5 Å². The van der Waals surface area contributed by atoms with Crippen LogP contribution >= 0.6 is 0 Å². The van der Waals surface area contributed by atoms with Gasteiger partial charge < -0.3 is 25.2 Å². The van der Waals surface area contributed by atoms with Gasteiger partial charge in [-0.3, -0.25) is 15.4 Å². The lowest BCUT2D eigenvalue weighted by molar-refractivity contribution is -0.156. The van der Waals surface area contributed by atoms with E-state index in [1.165, 1.54) is 0 Å². The third-order valence-corrected chi connectivity index (χ3v) is 11.7. The summed E-state index contributed by atoms with van der Waals surface area (Å²) in [5.74, 6) is 0.301. The van der Waals surface area contributed by atoms with Crippen molar-refractivity contribution < 1.29 is 24.5 Å². The number of benzene rings is 1. The monoisotopic (exact) mass is 709 g/mol. The highest BCUT2D eigenvalue weighted by molar-refractivity contribution is 6.04. The number of guanidine groups is 1.